The molecule has 148 valence electrons. The second kappa shape index (κ2) is 7.33. The van der Waals surface area contributed by atoms with E-state index in [0.717, 1.165) is 53.6 Å². The number of hydrogen-bond donors (Lipinski definition) is 1. The summed E-state index contributed by atoms with van der Waals surface area (Å²) >= 11 is 6.18. The summed E-state index contributed by atoms with van der Waals surface area (Å²) in [6, 6.07) is 4.12. The van der Waals surface area contributed by atoms with E-state index in [4.69, 9.17) is 17.3 Å². The van der Waals surface area contributed by atoms with Crippen molar-refractivity contribution in [2.45, 2.75) is 46.2 Å². The fraction of sp³-hybridized carbons (Fsp3) is 0.476. The Bertz CT molecular complexity index is 945. The van der Waals surface area contributed by atoms with Gasteiger partial charge < -0.3 is 15.5 Å². The van der Waals surface area contributed by atoms with Crippen molar-refractivity contribution in [1.82, 2.24) is 14.9 Å². The molecule has 0 unspecified atom stereocenters. The van der Waals surface area contributed by atoms with E-state index in [1.165, 1.54) is 11.1 Å². The number of nitrogens with two attached hydrogens (primary N) is 1. The fourth-order valence-corrected chi connectivity index (χ4v) is 4.42. The van der Waals surface area contributed by atoms with Crippen LogP contribution in [0.15, 0.2) is 12.1 Å². The second-order valence-corrected chi connectivity index (χ2v) is 8.35. The highest BCUT2D eigenvalue weighted by Gasteiger charge is 2.28. The van der Waals surface area contributed by atoms with Gasteiger partial charge in [0.1, 0.15) is 5.82 Å². The maximum Gasteiger partial charge on any atom is 0.292 e. The van der Waals surface area contributed by atoms with Gasteiger partial charge in [-0.3, -0.25) is 4.79 Å². The largest absolute Gasteiger partial charge is 0.355 e. The molecule has 1 saturated heterocycles. The number of halogens is 1. The van der Waals surface area contributed by atoms with Gasteiger partial charge in [0.15, 0.2) is 0 Å². The van der Waals surface area contributed by atoms with Crippen LogP contribution in [0.4, 0.5) is 5.82 Å². The molecular formula is C21H26ClN5O. The minimum absolute atomic E-state index is 0.118. The van der Waals surface area contributed by atoms with Crippen molar-refractivity contribution in [3.05, 3.63) is 50.9 Å². The van der Waals surface area contributed by atoms with E-state index in [0.29, 0.717) is 13.1 Å². The zero-order valence-electron chi connectivity index (χ0n) is 16.6. The third kappa shape index (κ3) is 3.47. The molecule has 2 aromatic rings. The van der Waals surface area contributed by atoms with Crippen molar-refractivity contribution in [2.24, 2.45) is 5.73 Å². The first kappa shape index (κ1) is 19.2. The lowest BCUT2D eigenvalue weighted by Crippen LogP contribution is -2.38. The lowest BCUT2D eigenvalue weighted by Gasteiger charge is -2.30. The highest BCUT2D eigenvalue weighted by Crippen LogP contribution is 2.28. The number of aryl methyl sites for hydroxylation is 2. The van der Waals surface area contributed by atoms with E-state index in [-0.39, 0.29) is 17.8 Å². The molecule has 3 heterocycles. The molecule has 2 aliphatic rings. The van der Waals surface area contributed by atoms with Gasteiger partial charge in [-0.25, -0.2) is 9.97 Å². The van der Waals surface area contributed by atoms with Gasteiger partial charge in [0, 0.05) is 48.5 Å². The monoisotopic (exact) mass is 399 g/mol. The van der Waals surface area contributed by atoms with Crippen LogP contribution in [-0.2, 0) is 13.0 Å². The van der Waals surface area contributed by atoms with Crippen molar-refractivity contribution < 1.29 is 4.79 Å². The number of rotatable bonds is 2. The summed E-state index contributed by atoms with van der Waals surface area (Å²) in [6.45, 7) is 8.83. The Kier molecular flexibility index (Phi) is 5.02. The average molecular weight is 400 g/mol. The van der Waals surface area contributed by atoms with Crippen LogP contribution in [0, 0.1) is 20.8 Å². The lowest BCUT2D eigenvalue weighted by atomic mass is 9.95. The number of benzene rings is 1. The molecule has 2 N–H and O–H groups in total. The maximum atomic E-state index is 13.2. The second-order valence-electron chi connectivity index (χ2n) is 7.91. The molecule has 0 aliphatic carbocycles. The smallest absolute Gasteiger partial charge is 0.292 e. The van der Waals surface area contributed by atoms with Crippen LogP contribution in [0.3, 0.4) is 0 Å². The van der Waals surface area contributed by atoms with E-state index < -0.39 is 0 Å². The summed E-state index contributed by atoms with van der Waals surface area (Å²) in [6.07, 6.45) is 1.73. The van der Waals surface area contributed by atoms with E-state index in [1.807, 2.05) is 37.8 Å². The molecule has 0 spiro atoms. The molecule has 1 amide bonds. The predicted octanol–water partition coefficient (Wildman–Crippen LogP) is 2.79. The quantitative estimate of drug-likeness (QED) is 0.840. The molecular weight excluding hydrogens is 374 g/mol. The Morgan fingerprint density at radius 1 is 1.21 bits per heavy atom. The first-order valence-corrected chi connectivity index (χ1v) is 10.1. The standard InChI is InChI=1S/C21H26ClN5O/c1-12-8-16(22)9-15-4-6-27(11-18(12)15)21(28)19-24-14(3)13(2)20(25-19)26-7-5-17(23)10-26/h8-9,17H,4-7,10-11,23H2,1-3H3/t17-/m1/s1. The molecule has 28 heavy (non-hydrogen) atoms. The Balaban J connectivity index is 1.62. The first-order chi connectivity index (χ1) is 13.3. The summed E-state index contributed by atoms with van der Waals surface area (Å²) in [4.78, 5) is 26.4. The molecule has 1 aromatic carbocycles. The number of hydrogen-bond acceptors (Lipinski definition) is 5. The molecule has 7 heteroatoms. The molecule has 6 nitrogen and oxygen atoms in total. The molecule has 0 radical (unpaired) electrons. The highest BCUT2D eigenvalue weighted by atomic mass is 35.5. The van der Waals surface area contributed by atoms with Crippen LogP contribution in [-0.4, -0.2) is 46.5 Å². The van der Waals surface area contributed by atoms with Gasteiger partial charge in [-0.1, -0.05) is 11.6 Å². The number of carbonyl (C=O) groups is 1. The highest BCUT2D eigenvalue weighted by molar-refractivity contribution is 6.30. The summed E-state index contributed by atoms with van der Waals surface area (Å²) in [5.74, 6) is 0.991. The Morgan fingerprint density at radius 3 is 2.71 bits per heavy atom. The van der Waals surface area contributed by atoms with E-state index in [9.17, 15) is 4.79 Å². The van der Waals surface area contributed by atoms with Crippen LogP contribution in [0.5, 0.6) is 0 Å². The van der Waals surface area contributed by atoms with E-state index in [1.54, 1.807) is 0 Å². The van der Waals surface area contributed by atoms with Crippen LogP contribution in [0.2, 0.25) is 5.02 Å². The lowest BCUT2D eigenvalue weighted by molar-refractivity contribution is 0.0721. The molecule has 1 fully saturated rings. The number of amides is 1. The summed E-state index contributed by atoms with van der Waals surface area (Å²) < 4.78 is 0. The summed E-state index contributed by atoms with van der Waals surface area (Å²) in [5.41, 5.74) is 11.4. The normalized spacial score (nSPS) is 19.1. The van der Waals surface area contributed by atoms with Crippen LogP contribution < -0.4 is 10.6 Å². The molecule has 1 atom stereocenters. The van der Waals surface area contributed by atoms with Crippen molar-refractivity contribution in [3.63, 3.8) is 0 Å². The molecule has 1 aromatic heterocycles. The zero-order chi connectivity index (χ0) is 20.0. The number of nitrogens with zero attached hydrogens (tertiary/aromatic N) is 4. The maximum absolute atomic E-state index is 13.2. The van der Waals surface area contributed by atoms with Crippen molar-refractivity contribution in [1.29, 1.82) is 0 Å². The molecule has 2 aliphatic heterocycles. The van der Waals surface area contributed by atoms with E-state index in [2.05, 4.69) is 14.9 Å². The van der Waals surface area contributed by atoms with Gasteiger partial charge in [-0.15, -0.1) is 0 Å². The minimum Gasteiger partial charge on any atom is -0.355 e. The third-order valence-electron chi connectivity index (χ3n) is 5.90. The van der Waals surface area contributed by atoms with Crippen LogP contribution in [0.25, 0.3) is 0 Å². The van der Waals surface area contributed by atoms with Gasteiger partial charge in [-0.05, 0) is 62.4 Å². The van der Waals surface area contributed by atoms with Crippen molar-refractivity contribution in [3.8, 4) is 0 Å². The average Bonchev–Trinajstić information content (AvgIpc) is 3.09. The SMILES string of the molecule is Cc1cc(Cl)cc2c1CN(C(=O)c1nc(C)c(C)c(N3CC[C@@H](N)C3)n1)CC2. The number of carbonyl (C=O) groups excluding carboxylic acids is 1. The van der Waals surface area contributed by atoms with Crippen LogP contribution >= 0.6 is 11.6 Å². The first-order valence-electron chi connectivity index (χ1n) is 9.76. The van der Waals surface area contributed by atoms with Gasteiger partial charge >= 0.3 is 0 Å². The molecule has 4 rings (SSSR count). The number of anilines is 1. The molecule has 0 saturated carbocycles. The number of aromatic nitrogens is 2. The summed E-state index contributed by atoms with van der Waals surface area (Å²) in [7, 11) is 0. The van der Waals surface area contributed by atoms with E-state index >= 15 is 0 Å². The zero-order valence-corrected chi connectivity index (χ0v) is 17.4. The Morgan fingerprint density at radius 2 is 2.00 bits per heavy atom. The van der Waals surface area contributed by atoms with Gasteiger partial charge in [0.2, 0.25) is 5.82 Å². The molecule has 0 bridgehead atoms. The predicted molar refractivity (Wildman–Crippen MR) is 111 cm³/mol. The van der Waals surface area contributed by atoms with Gasteiger partial charge in [0.25, 0.3) is 5.91 Å². The Hall–Kier alpha value is -2.18. The van der Waals surface area contributed by atoms with Crippen LogP contribution in [0.1, 0.15) is 45.0 Å². The number of fused-ring (bicyclic) bond motifs is 1. The van der Waals surface area contributed by atoms with Gasteiger partial charge in [-0.2, -0.15) is 0 Å². The van der Waals surface area contributed by atoms with Gasteiger partial charge in [0.05, 0.1) is 0 Å². The fourth-order valence-electron chi connectivity index (χ4n) is 4.13. The topological polar surface area (TPSA) is 75.4 Å². The van der Waals surface area contributed by atoms with Crippen molar-refractivity contribution in [2.75, 3.05) is 24.5 Å². The Labute approximate surface area is 170 Å². The third-order valence-corrected chi connectivity index (χ3v) is 6.11. The van der Waals surface area contributed by atoms with Crippen molar-refractivity contribution >= 4 is 23.3 Å². The summed E-state index contributed by atoms with van der Waals surface area (Å²) in [5, 5.41) is 0.752. The minimum atomic E-state index is -0.118.